The summed E-state index contributed by atoms with van der Waals surface area (Å²) in [6.45, 7) is 0. The second-order valence-electron chi connectivity index (χ2n) is 5.06. The first-order chi connectivity index (χ1) is 11.7. The zero-order valence-corrected chi connectivity index (χ0v) is 13.1. The van der Waals surface area contributed by atoms with Gasteiger partial charge >= 0.3 is 0 Å². The minimum atomic E-state index is -0.295. The van der Waals surface area contributed by atoms with E-state index in [0.717, 1.165) is 5.69 Å². The van der Waals surface area contributed by atoms with Gasteiger partial charge in [-0.2, -0.15) is 0 Å². The molecule has 1 amide bonds. The Labute approximate surface area is 141 Å². The number of hydrogen-bond donors (Lipinski definition) is 1. The number of aromatic nitrogens is 5. The van der Waals surface area contributed by atoms with Crippen molar-refractivity contribution in [2.75, 3.05) is 5.32 Å². The van der Waals surface area contributed by atoms with Gasteiger partial charge in [-0.25, -0.2) is 4.98 Å². The number of pyridine rings is 1. The second-order valence-corrected chi connectivity index (χ2v) is 5.47. The Morgan fingerprint density at radius 3 is 2.67 bits per heavy atom. The zero-order valence-electron chi connectivity index (χ0n) is 12.3. The summed E-state index contributed by atoms with van der Waals surface area (Å²) in [6, 6.07) is 10.8. The molecule has 0 unspecified atom stereocenters. The smallest absolute Gasteiger partial charge is 0.274 e. The van der Waals surface area contributed by atoms with Crippen LogP contribution in [0, 0.1) is 0 Å². The Kier molecular flexibility index (Phi) is 3.47. The maximum atomic E-state index is 12.6. The predicted octanol–water partition coefficient (Wildman–Crippen LogP) is 2.82. The Hall–Kier alpha value is -3.19. The van der Waals surface area contributed by atoms with E-state index in [1.54, 1.807) is 52.1 Å². The number of halogens is 1. The highest BCUT2D eigenvalue weighted by Crippen LogP contribution is 2.21. The molecule has 7 nitrogen and oxygen atoms in total. The quantitative estimate of drug-likeness (QED) is 0.623. The van der Waals surface area contributed by atoms with Crippen LogP contribution in [0.15, 0.2) is 61.4 Å². The van der Waals surface area contributed by atoms with Gasteiger partial charge in [0.15, 0.2) is 0 Å². The highest BCUT2D eigenvalue weighted by Gasteiger charge is 2.14. The van der Waals surface area contributed by atoms with Gasteiger partial charge in [0.05, 0.1) is 22.6 Å². The van der Waals surface area contributed by atoms with Crippen LogP contribution < -0.4 is 5.32 Å². The summed E-state index contributed by atoms with van der Waals surface area (Å²) >= 11 is 6.09. The third-order valence-electron chi connectivity index (χ3n) is 3.56. The van der Waals surface area contributed by atoms with Gasteiger partial charge in [-0.3, -0.25) is 13.8 Å². The third-order valence-corrected chi connectivity index (χ3v) is 3.89. The second kappa shape index (κ2) is 5.78. The van der Waals surface area contributed by atoms with Gasteiger partial charge < -0.3 is 5.32 Å². The van der Waals surface area contributed by atoms with Crippen molar-refractivity contribution in [3.05, 3.63) is 72.2 Å². The lowest BCUT2D eigenvalue weighted by atomic mass is 10.3. The SMILES string of the molecule is O=C(Nc1ccccc1Cl)c1cnc2ccc(-n3cnnc3)cn12. The molecule has 0 fully saturated rings. The summed E-state index contributed by atoms with van der Waals surface area (Å²) in [5, 5.41) is 10.8. The number of carbonyl (C=O) groups excluding carboxylic acids is 1. The number of nitrogens with zero attached hydrogens (tertiary/aromatic N) is 5. The van der Waals surface area contributed by atoms with Crippen molar-refractivity contribution in [3.8, 4) is 5.69 Å². The van der Waals surface area contributed by atoms with E-state index in [2.05, 4.69) is 20.5 Å². The van der Waals surface area contributed by atoms with Crippen molar-refractivity contribution in [1.29, 1.82) is 0 Å². The van der Waals surface area contributed by atoms with Crippen molar-refractivity contribution in [2.45, 2.75) is 0 Å². The Morgan fingerprint density at radius 2 is 1.88 bits per heavy atom. The van der Waals surface area contributed by atoms with E-state index >= 15 is 0 Å². The molecule has 0 saturated carbocycles. The van der Waals surface area contributed by atoms with Crippen molar-refractivity contribution in [1.82, 2.24) is 24.1 Å². The molecule has 1 aromatic carbocycles. The number of imidazole rings is 1. The summed E-state index contributed by atoms with van der Waals surface area (Å²) < 4.78 is 3.46. The van der Waals surface area contributed by atoms with E-state index in [1.165, 1.54) is 6.20 Å². The van der Waals surface area contributed by atoms with Gasteiger partial charge in [0.25, 0.3) is 5.91 Å². The van der Waals surface area contributed by atoms with Gasteiger partial charge in [-0.1, -0.05) is 23.7 Å². The van der Waals surface area contributed by atoms with E-state index in [0.29, 0.717) is 22.1 Å². The van der Waals surface area contributed by atoms with Crippen molar-refractivity contribution in [3.63, 3.8) is 0 Å². The number of rotatable bonds is 3. The van der Waals surface area contributed by atoms with Crippen molar-refractivity contribution < 1.29 is 4.79 Å². The van der Waals surface area contributed by atoms with Crippen LogP contribution in [0.4, 0.5) is 5.69 Å². The summed E-state index contributed by atoms with van der Waals surface area (Å²) in [7, 11) is 0. The number of amides is 1. The van der Waals surface area contributed by atoms with E-state index in [4.69, 9.17) is 11.6 Å². The first-order valence-corrected chi connectivity index (χ1v) is 7.48. The molecule has 4 rings (SSSR count). The summed E-state index contributed by atoms with van der Waals surface area (Å²) in [5.74, 6) is -0.295. The third kappa shape index (κ3) is 2.50. The lowest BCUT2D eigenvalue weighted by Gasteiger charge is -2.08. The van der Waals surface area contributed by atoms with Crippen LogP contribution in [0.2, 0.25) is 5.02 Å². The lowest BCUT2D eigenvalue weighted by Crippen LogP contribution is -2.14. The minimum Gasteiger partial charge on any atom is -0.319 e. The first kappa shape index (κ1) is 14.4. The topological polar surface area (TPSA) is 77.1 Å². The Bertz CT molecular complexity index is 1020. The Morgan fingerprint density at radius 1 is 1.08 bits per heavy atom. The lowest BCUT2D eigenvalue weighted by molar-refractivity contribution is 0.102. The molecule has 8 heteroatoms. The molecule has 0 aliphatic rings. The van der Waals surface area contributed by atoms with Crippen LogP contribution in [0.1, 0.15) is 10.5 Å². The fraction of sp³-hybridized carbons (Fsp3) is 0. The van der Waals surface area contributed by atoms with Gasteiger partial charge in [0.1, 0.15) is 24.0 Å². The van der Waals surface area contributed by atoms with Gasteiger partial charge in [-0.15, -0.1) is 10.2 Å². The summed E-state index contributed by atoms with van der Waals surface area (Å²) in [4.78, 5) is 16.8. The summed E-state index contributed by atoms with van der Waals surface area (Å²) in [6.07, 6.45) is 6.49. The number of hydrogen-bond acceptors (Lipinski definition) is 4. The average Bonchev–Trinajstić information content (AvgIpc) is 3.25. The number of anilines is 1. The van der Waals surface area contributed by atoms with Crippen LogP contribution in [0.3, 0.4) is 0 Å². The number of nitrogens with one attached hydrogen (secondary N) is 1. The largest absolute Gasteiger partial charge is 0.319 e. The molecule has 24 heavy (non-hydrogen) atoms. The number of fused-ring (bicyclic) bond motifs is 1. The fourth-order valence-corrected chi connectivity index (χ4v) is 2.56. The van der Waals surface area contributed by atoms with Gasteiger partial charge in [-0.05, 0) is 24.3 Å². The molecule has 4 aromatic rings. The van der Waals surface area contributed by atoms with Crippen LogP contribution in [-0.2, 0) is 0 Å². The van der Waals surface area contributed by atoms with E-state index in [9.17, 15) is 4.79 Å². The normalized spacial score (nSPS) is 10.9. The van der Waals surface area contributed by atoms with Gasteiger partial charge in [0.2, 0.25) is 0 Å². The predicted molar refractivity (Wildman–Crippen MR) is 89.5 cm³/mol. The fourth-order valence-electron chi connectivity index (χ4n) is 2.37. The maximum Gasteiger partial charge on any atom is 0.274 e. The zero-order chi connectivity index (χ0) is 16.5. The number of para-hydroxylation sites is 1. The molecule has 3 heterocycles. The number of carbonyl (C=O) groups is 1. The molecule has 1 N–H and O–H groups in total. The molecular formula is C16H11ClN6O. The van der Waals surface area contributed by atoms with Crippen molar-refractivity contribution >= 4 is 28.8 Å². The minimum absolute atomic E-state index is 0.295. The van der Waals surface area contributed by atoms with Crippen LogP contribution in [0.25, 0.3) is 11.3 Å². The molecule has 0 aliphatic carbocycles. The maximum absolute atomic E-state index is 12.6. The highest BCUT2D eigenvalue weighted by molar-refractivity contribution is 6.33. The van der Waals surface area contributed by atoms with Crippen LogP contribution >= 0.6 is 11.6 Å². The molecule has 0 saturated heterocycles. The monoisotopic (exact) mass is 338 g/mol. The Balaban J connectivity index is 1.72. The number of benzene rings is 1. The van der Waals surface area contributed by atoms with E-state index in [1.807, 2.05) is 12.1 Å². The molecule has 0 radical (unpaired) electrons. The van der Waals surface area contributed by atoms with E-state index in [-0.39, 0.29) is 5.91 Å². The molecule has 0 bridgehead atoms. The van der Waals surface area contributed by atoms with Crippen LogP contribution in [0.5, 0.6) is 0 Å². The molecule has 0 aliphatic heterocycles. The average molecular weight is 339 g/mol. The van der Waals surface area contributed by atoms with E-state index < -0.39 is 0 Å². The standard InChI is InChI=1S/C16H11ClN6O/c17-12-3-1-2-4-13(12)21-16(24)14-7-18-15-6-5-11(8-23(14)15)22-9-19-20-10-22/h1-10H,(H,21,24). The molecular weight excluding hydrogens is 328 g/mol. The molecule has 118 valence electrons. The van der Waals surface area contributed by atoms with Crippen molar-refractivity contribution in [2.24, 2.45) is 0 Å². The summed E-state index contributed by atoms with van der Waals surface area (Å²) in [5.41, 5.74) is 2.43. The first-order valence-electron chi connectivity index (χ1n) is 7.10. The molecule has 0 spiro atoms. The molecule has 0 atom stereocenters. The molecule has 3 aromatic heterocycles. The van der Waals surface area contributed by atoms with Crippen LogP contribution in [-0.4, -0.2) is 30.1 Å². The highest BCUT2D eigenvalue weighted by atomic mass is 35.5. The van der Waals surface area contributed by atoms with Gasteiger partial charge in [0, 0.05) is 6.20 Å².